The fourth-order valence-corrected chi connectivity index (χ4v) is 4.95. The topological polar surface area (TPSA) is 37.4 Å². The second-order valence-electron chi connectivity index (χ2n) is 8.54. The maximum atomic E-state index is 12.9. The lowest BCUT2D eigenvalue weighted by Crippen LogP contribution is -2.47. The Morgan fingerprint density at radius 1 is 1.25 bits per heavy atom. The normalized spacial score (nSPS) is 33.0. The van der Waals surface area contributed by atoms with Crippen molar-refractivity contribution >= 4 is 17.9 Å². The van der Waals surface area contributed by atoms with Crippen LogP contribution in [0.15, 0.2) is 18.2 Å². The van der Waals surface area contributed by atoms with Gasteiger partial charge in [0.1, 0.15) is 6.29 Å². The molecular weight excluding hydrogens is 298 g/mol. The molecule has 3 nitrogen and oxygen atoms in total. The van der Waals surface area contributed by atoms with Crippen molar-refractivity contribution in [2.75, 3.05) is 11.9 Å². The predicted molar refractivity (Wildman–Crippen MR) is 97.4 cm³/mol. The van der Waals surface area contributed by atoms with Crippen LogP contribution in [-0.2, 0) is 15.0 Å². The molecule has 1 amide bonds. The van der Waals surface area contributed by atoms with E-state index in [2.05, 4.69) is 39.0 Å². The summed E-state index contributed by atoms with van der Waals surface area (Å²) < 4.78 is 0. The van der Waals surface area contributed by atoms with E-state index < -0.39 is 5.41 Å². The Hall–Kier alpha value is -1.64. The van der Waals surface area contributed by atoms with Gasteiger partial charge in [-0.25, -0.2) is 0 Å². The minimum Gasteiger partial charge on any atom is -0.315 e. The average Bonchev–Trinajstić information content (AvgIpc) is 2.64. The number of aldehydes is 1. The van der Waals surface area contributed by atoms with Crippen LogP contribution in [0.3, 0.4) is 0 Å². The highest BCUT2D eigenvalue weighted by molar-refractivity contribution is 5.95. The minimum atomic E-state index is -0.415. The van der Waals surface area contributed by atoms with E-state index in [0.29, 0.717) is 12.3 Å². The van der Waals surface area contributed by atoms with Gasteiger partial charge in [0.05, 0.1) is 0 Å². The van der Waals surface area contributed by atoms with Crippen molar-refractivity contribution < 1.29 is 9.59 Å². The molecule has 3 heteroatoms. The summed E-state index contributed by atoms with van der Waals surface area (Å²) in [6.45, 7) is 8.66. The zero-order chi connectivity index (χ0) is 17.7. The lowest BCUT2D eigenvalue weighted by atomic mass is 9.53. The summed E-state index contributed by atoms with van der Waals surface area (Å²) in [6.07, 6.45) is 4.51. The number of hydrogen-bond acceptors (Lipinski definition) is 2. The van der Waals surface area contributed by atoms with Crippen LogP contribution in [0.2, 0.25) is 0 Å². The Bertz CT molecular complexity index is 680. The Balaban J connectivity index is 2.22. The van der Waals surface area contributed by atoms with Crippen molar-refractivity contribution in [1.82, 2.24) is 0 Å². The van der Waals surface area contributed by atoms with Gasteiger partial charge in [-0.2, -0.15) is 0 Å². The molecule has 2 aliphatic rings. The quantitative estimate of drug-likeness (QED) is 0.753. The fraction of sp³-hybridized carbons (Fsp3) is 0.619. The first-order chi connectivity index (χ1) is 11.2. The third kappa shape index (κ3) is 2.40. The number of benzene rings is 1. The van der Waals surface area contributed by atoms with Gasteiger partial charge in [-0.3, -0.25) is 4.79 Å². The van der Waals surface area contributed by atoms with Crippen LogP contribution in [0.25, 0.3) is 0 Å². The number of rotatable bonds is 2. The van der Waals surface area contributed by atoms with Crippen LogP contribution in [0.1, 0.15) is 70.4 Å². The Labute approximate surface area is 145 Å². The summed E-state index contributed by atoms with van der Waals surface area (Å²) in [5, 5.41) is 0. The summed E-state index contributed by atoms with van der Waals surface area (Å²) in [6, 6.07) is 6.59. The molecule has 0 saturated heterocycles. The fourth-order valence-electron chi connectivity index (χ4n) is 4.95. The van der Waals surface area contributed by atoms with E-state index in [1.807, 2.05) is 18.9 Å². The number of fused-ring (bicyclic) bond motifs is 3. The molecule has 0 radical (unpaired) electrons. The van der Waals surface area contributed by atoms with E-state index in [-0.39, 0.29) is 17.2 Å². The molecule has 3 unspecified atom stereocenters. The van der Waals surface area contributed by atoms with Crippen molar-refractivity contribution in [3.8, 4) is 0 Å². The number of carbonyl (C=O) groups excluding carboxylic acids is 2. The largest absolute Gasteiger partial charge is 0.315 e. The van der Waals surface area contributed by atoms with Crippen LogP contribution in [0.5, 0.6) is 0 Å². The van der Waals surface area contributed by atoms with E-state index in [1.54, 1.807) is 0 Å². The van der Waals surface area contributed by atoms with E-state index >= 15 is 0 Å². The highest BCUT2D eigenvalue weighted by atomic mass is 16.2. The highest BCUT2D eigenvalue weighted by Gasteiger charge is 2.53. The van der Waals surface area contributed by atoms with Gasteiger partial charge < -0.3 is 9.69 Å². The van der Waals surface area contributed by atoms with Crippen LogP contribution < -0.4 is 4.90 Å². The molecule has 3 rings (SSSR count). The summed E-state index contributed by atoms with van der Waals surface area (Å²) in [5.74, 6) is 0.621. The van der Waals surface area contributed by atoms with Crippen molar-refractivity contribution in [2.24, 2.45) is 11.3 Å². The molecule has 1 aromatic carbocycles. The molecule has 1 aromatic rings. The number of amides is 1. The van der Waals surface area contributed by atoms with Gasteiger partial charge in [0, 0.05) is 24.6 Å². The molecular formula is C21H29NO2. The summed E-state index contributed by atoms with van der Waals surface area (Å²) in [5.41, 5.74) is 2.98. The Morgan fingerprint density at radius 2 is 1.96 bits per heavy atom. The first-order valence-corrected chi connectivity index (χ1v) is 9.10. The molecule has 1 aliphatic carbocycles. The zero-order valence-corrected chi connectivity index (χ0v) is 15.6. The van der Waals surface area contributed by atoms with E-state index in [0.717, 1.165) is 31.2 Å². The average molecular weight is 327 g/mol. The van der Waals surface area contributed by atoms with Gasteiger partial charge in [0.2, 0.25) is 5.91 Å². The molecule has 0 spiro atoms. The molecule has 1 aliphatic heterocycles. The van der Waals surface area contributed by atoms with Crippen LogP contribution >= 0.6 is 0 Å². The van der Waals surface area contributed by atoms with Gasteiger partial charge in [-0.05, 0) is 47.3 Å². The molecule has 1 fully saturated rings. The zero-order valence-electron chi connectivity index (χ0n) is 15.6. The van der Waals surface area contributed by atoms with Crippen LogP contribution in [-0.4, -0.2) is 19.2 Å². The number of nitrogens with zero attached hydrogens (tertiary/aromatic N) is 1. The number of hydrogen-bond donors (Lipinski definition) is 0. The molecule has 130 valence electrons. The SMILES string of the molecule is CC(C)c1ccc2c(c1)N(C)C(=O)CC1C(C)(C=O)CCCC21C. The summed E-state index contributed by atoms with van der Waals surface area (Å²) >= 11 is 0. The van der Waals surface area contributed by atoms with E-state index in [9.17, 15) is 9.59 Å². The second kappa shape index (κ2) is 5.72. The number of carbonyl (C=O) groups is 2. The highest BCUT2D eigenvalue weighted by Crippen LogP contribution is 2.56. The van der Waals surface area contributed by atoms with Gasteiger partial charge >= 0.3 is 0 Å². The molecule has 0 aromatic heterocycles. The van der Waals surface area contributed by atoms with Gasteiger partial charge in [-0.1, -0.05) is 46.2 Å². The first kappa shape index (κ1) is 17.2. The van der Waals surface area contributed by atoms with Crippen molar-refractivity contribution in [1.29, 1.82) is 0 Å². The Kier molecular flexibility index (Phi) is 4.09. The molecule has 3 atom stereocenters. The molecule has 1 saturated carbocycles. The summed E-state index contributed by atoms with van der Waals surface area (Å²) in [7, 11) is 1.88. The Morgan fingerprint density at radius 3 is 2.58 bits per heavy atom. The second-order valence-corrected chi connectivity index (χ2v) is 8.54. The van der Waals surface area contributed by atoms with Gasteiger partial charge in [0.25, 0.3) is 0 Å². The maximum Gasteiger partial charge on any atom is 0.227 e. The van der Waals surface area contributed by atoms with Crippen molar-refractivity contribution in [3.05, 3.63) is 29.3 Å². The van der Waals surface area contributed by atoms with Crippen LogP contribution in [0, 0.1) is 11.3 Å². The predicted octanol–water partition coefficient (Wildman–Crippen LogP) is 4.44. The summed E-state index contributed by atoms with van der Waals surface area (Å²) in [4.78, 5) is 26.6. The van der Waals surface area contributed by atoms with Crippen molar-refractivity contribution in [2.45, 2.75) is 64.7 Å². The van der Waals surface area contributed by atoms with Gasteiger partial charge in [0.15, 0.2) is 0 Å². The standard InChI is InChI=1S/C21H29NO2/c1-14(2)15-7-8-16-17(11-15)22(5)19(24)12-18-20(3,13-23)9-6-10-21(16,18)4/h7-8,11,13-14,18H,6,9-10,12H2,1-5H3. The van der Waals surface area contributed by atoms with E-state index in [1.165, 1.54) is 11.1 Å². The van der Waals surface area contributed by atoms with Gasteiger partial charge in [-0.15, -0.1) is 0 Å². The maximum absolute atomic E-state index is 12.9. The molecule has 0 bridgehead atoms. The lowest BCUT2D eigenvalue weighted by molar-refractivity contribution is -0.127. The third-order valence-electron chi connectivity index (χ3n) is 6.66. The monoisotopic (exact) mass is 327 g/mol. The molecule has 0 N–H and O–H groups in total. The van der Waals surface area contributed by atoms with Crippen molar-refractivity contribution in [3.63, 3.8) is 0 Å². The van der Waals surface area contributed by atoms with E-state index in [4.69, 9.17) is 0 Å². The lowest BCUT2D eigenvalue weighted by Gasteiger charge is -2.49. The smallest absolute Gasteiger partial charge is 0.227 e. The number of anilines is 1. The van der Waals surface area contributed by atoms with Crippen LogP contribution in [0.4, 0.5) is 5.69 Å². The molecule has 1 heterocycles. The minimum absolute atomic E-state index is 0.0670. The third-order valence-corrected chi connectivity index (χ3v) is 6.66. The molecule has 24 heavy (non-hydrogen) atoms. The first-order valence-electron chi connectivity index (χ1n) is 9.10.